The highest BCUT2D eigenvalue weighted by Crippen LogP contribution is 2.31. The number of carbonyl (C=O) groups is 2. The van der Waals surface area contributed by atoms with Gasteiger partial charge < -0.3 is 10.1 Å². The average molecular weight is 608 g/mol. The third kappa shape index (κ3) is 7.25. The van der Waals surface area contributed by atoms with Gasteiger partial charge in [-0.25, -0.2) is 9.97 Å². The Morgan fingerprint density at radius 1 is 1.00 bits per heavy atom. The normalized spacial score (nSPS) is 11.3. The molecule has 2 heterocycles. The van der Waals surface area contributed by atoms with Crippen molar-refractivity contribution in [1.29, 1.82) is 5.26 Å². The van der Waals surface area contributed by atoms with E-state index in [-0.39, 0.29) is 11.8 Å². The maximum Gasteiger partial charge on any atom is 0.255 e. The number of thiazole rings is 1. The van der Waals surface area contributed by atoms with Crippen LogP contribution in [0.5, 0.6) is 11.6 Å². The van der Waals surface area contributed by atoms with Crippen LogP contribution in [0, 0.1) is 18.3 Å². The van der Waals surface area contributed by atoms with Gasteiger partial charge in [0.05, 0.1) is 11.5 Å². The maximum absolute atomic E-state index is 13.0. The van der Waals surface area contributed by atoms with Gasteiger partial charge in [0.25, 0.3) is 5.91 Å². The Kier molecular flexibility index (Phi) is 8.53. The minimum atomic E-state index is -0.714. The minimum Gasteiger partial charge on any atom is -0.439 e. The Labute approximate surface area is 257 Å². The zero-order valence-electron chi connectivity index (χ0n) is 23.5. The first-order valence-corrected chi connectivity index (χ1v) is 14.4. The number of nitriles is 1. The SMILES string of the molecule is Cc1ccc(NC(=O)c2cccc(C(C)(C)C#N)c2)cc1Oc1ccc2nc(NC(=O)/C=C/c3ccc(Cl)cc3)sc2n1. The Bertz CT molecular complexity index is 1910. The number of ether oxygens (including phenoxy) is 1. The molecule has 43 heavy (non-hydrogen) atoms. The lowest BCUT2D eigenvalue weighted by atomic mass is 9.85. The zero-order chi connectivity index (χ0) is 30.6. The van der Waals surface area contributed by atoms with E-state index in [4.69, 9.17) is 16.3 Å². The van der Waals surface area contributed by atoms with Gasteiger partial charge >= 0.3 is 0 Å². The van der Waals surface area contributed by atoms with Crippen LogP contribution >= 0.6 is 22.9 Å². The summed E-state index contributed by atoms with van der Waals surface area (Å²) in [7, 11) is 0. The van der Waals surface area contributed by atoms with E-state index in [0.717, 1.165) is 16.7 Å². The van der Waals surface area contributed by atoms with Crippen LogP contribution in [-0.4, -0.2) is 21.8 Å². The highest BCUT2D eigenvalue weighted by Gasteiger charge is 2.21. The lowest BCUT2D eigenvalue weighted by Crippen LogP contribution is -2.17. The van der Waals surface area contributed by atoms with E-state index in [1.165, 1.54) is 17.4 Å². The monoisotopic (exact) mass is 607 g/mol. The molecule has 0 unspecified atom stereocenters. The van der Waals surface area contributed by atoms with E-state index >= 15 is 0 Å². The van der Waals surface area contributed by atoms with Crippen molar-refractivity contribution in [3.8, 4) is 17.7 Å². The maximum atomic E-state index is 13.0. The predicted molar refractivity (Wildman–Crippen MR) is 171 cm³/mol. The Hall–Kier alpha value is -5.04. The smallest absolute Gasteiger partial charge is 0.255 e. The summed E-state index contributed by atoms with van der Waals surface area (Å²) in [5.74, 6) is 0.247. The number of benzene rings is 3. The summed E-state index contributed by atoms with van der Waals surface area (Å²) >= 11 is 7.13. The van der Waals surface area contributed by atoms with Gasteiger partial charge in [-0.3, -0.25) is 14.9 Å². The second kappa shape index (κ2) is 12.4. The summed E-state index contributed by atoms with van der Waals surface area (Å²) in [4.78, 5) is 35.0. The second-order valence-corrected chi connectivity index (χ2v) is 11.6. The second-order valence-electron chi connectivity index (χ2n) is 10.2. The van der Waals surface area contributed by atoms with Crippen LogP contribution in [0.3, 0.4) is 0 Å². The number of aryl methyl sites for hydroxylation is 1. The molecule has 0 saturated heterocycles. The predicted octanol–water partition coefficient (Wildman–Crippen LogP) is 8.15. The van der Waals surface area contributed by atoms with Crippen molar-refractivity contribution in [1.82, 2.24) is 9.97 Å². The Balaban J connectivity index is 1.27. The van der Waals surface area contributed by atoms with Crippen molar-refractivity contribution in [2.75, 3.05) is 10.6 Å². The van der Waals surface area contributed by atoms with Crippen LogP contribution in [0.2, 0.25) is 5.02 Å². The third-order valence-corrected chi connectivity index (χ3v) is 7.68. The van der Waals surface area contributed by atoms with Crippen molar-refractivity contribution in [3.63, 3.8) is 0 Å². The number of carbonyl (C=O) groups excluding carboxylic acids is 2. The number of hydrogen-bond donors (Lipinski definition) is 2. The van der Waals surface area contributed by atoms with Gasteiger partial charge in [-0.15, -0.1) is 0 Å². The highest BCUT2D eigenvalue weighted by atomic mass is 35.5. The van der Waals surface area contributed by atoms with Crippen molar-refractivity contribution < 1.29 is 14.3 Å². The molecule has 2 aromatic heterocycles. The van der Waals surface area contributed by atoms with Crippen LogP contribution in [0.15, 0.2) is 84.9 Å². The van der Waals surface area contributed by atoms with Crippen molar-refractivity contribution in [2.45, 2.75) is 26.2 Å². The standard InChI is InChI=1S/C33H26ClN5O3S/c1-20-7-13-25(36-30(41)22-5-4-6-23(17-22)33(2,3)19-35)18-27(20)42-29-16-14-26-31(39-29)43-32(37-26)38-28(40)15-10-21-8-11-24(34)12-9-21/h4-18H,1-3H3,(H,36,41)(H,37,38,40)/b15-10+. The summed E-state index contributed by atoms with van der Waals surface area (Å²) in [6.07, 6.45) is 3.12. The van der Waals surface area contributed by atoms with E-state index in [1.54, 1.807) is 60.7 Å². The molecule has 0 atom stereocenters. The van der Waals surface area contributed by atoms with E-state index in [0.29, 0.717) is 43.4 Å². The van der Waals surface area contributed by atoms with Gasteiger partial charge in [-0.1, -0.05) is 53.3 Å². The van der Waals surface area contributed by atoms with Gasteiger partial charge in [0.2, 0.25) is 11.8 Å². The summed E-state index contributed by atoms with van der Waals surface area (Å²) < 4.78 is 6.08. The summed E-state index contributed by atoms with van der Waals surface area (Å²) in [5.41, 5.74) is 3.36. The molecular formula is C33H26ClN5O3S. The Morgan fingerprint density at radius 2 is 1.79 bits per heavy atom. The Morgan fingerprint density at radius 3 is 2.56 bits per heavy atom. The fraction of sp³-hybridized carbons (Fsp3) is 0.121. The van der Waals surface area contributed by atoms with Crippen molar-refractivity contribution in [2.24, 2.45) is 0 Å². The first kappa shape index (κ1) is 29.5. The summed E-state index contributed by atoms with van der Waals surface area (Å²) in [6.45, 7) is 5.51. The molecule has 2 amide bonds. The van der Waals surface area contributed by atoms with Crippen LogP contribution in [-0.2, 0) is 10.2 Å². The molecule has 5 aromatic rings. The molecule has 0 aliphatic heterocycles. The number of rotatable bonds is 8. The van der Waals surface area contributed by atoms with Gasteiger partial charge in [-0.2, -0.15) is 5.26 Å². The number of fused-ring (bicyclic) bond motifs is 1. The minimum absolute atomic E-state index is 0.299. The molecule has 0 aliphatic carbocycles. The molecule has 8 nitrogen and oxygen atoms in total. The number of pyridine rings is 1. The molecule has 214 valence electrons. The largest absolute Gasteiger partial charge is 0.439 e. The molecule has 3 aromatic carbocycles. The molecule has 0 aliphatic rings. The number of nitrogens with one attached hydrogen (secondary N) is 2. The van der Waals surface area contributed by atoms with Gasteiger partial charge in [-0.05, 0) is 79.9 Å². The number of anilines is 2. The fourth-order valence-electron chi connectivity index (χ4n) is 4.02. The van der Waals surface area contributed by atoms with Crippen LogP contribution < -0.4 is 15.4 Å². The molecule has 2 N–H and O–H groups in total. The lowest BCUT2D eigenvalue weighted by molar-refractivity contribution is -0.111. The van der Waals surface area contributed by atoms with Crippen LogP contribution in [0.25, 0.3) is 16.4 Å². The van der Waals surface area contributed by atoms with E-state index < -0.39 is 5.41 Å². The number of nitrogens with zero attached hydrogens (tertiary/aromatic N) is 3. The van der Waals surface area contributed by atoms with Crippen molar-refractivity contribution >= 4 is 62.0 Å². The molecule has 0 fully saturated rings. The van der Waals surface area contributed by atoms with Gasteiger partial charge in [0, 0.05) is 34.5 Å². The third-order valence-electron chi connectivity index (χ3n) is 6.54. The topological polar surface area (TPSA) is 117 Å². The number of aromatic nitrogens is 2. The highest BCUT2D eigenvalue weighted by molar-refractivity contribution is 7.22. The average Bonchev–Trinajstić information content (AvgIpc) is 3.40. The molecule has 0 radical (unpaired) electrons. The molecule has 10 heteroatoms. The first-order valence-electron chi connectivity index (χ1n) is 13.2. The number of hydrogen-bond acceptors (Lipinski definition) is 7. The molecule has 0 spiro atoms. The van der Waals surface area contributed by atoms with Gasteiger partial charge in [0.1, 0.15) is 16.1 Å². The quantitative estimate of drug-likeness (QED) is 0.172. The number of halogens is 1. The molecule has 0 saturated carbocycles. The first-order chi connectivity index (χ1) is 20.6. The zero-order valence-corrected chi connectivity index (χ0v) is 25.1. The molecule has 0 bridgehead atoms. The summed E-state index contributed by atoms with van der Waals surface area (Å²) in [6, 6.07) is 25.3. The van der Waals surface area contributed by atoms with Crippen LogP contribution in [0.4, 0.5) is 10.8 Å². The van der Waals surface area contributed by atoms with Crippen LogP contribution in [0.1, 0.15) is 40.9 Å². The van der Waals surface area contributed by atoms with Crippen molar-refractivity contribution in [3.05, 3.63) is 112 Å². The van der Waals surface area contributed by atoms with Gasteiger partial charge in [0.15, 0.2) is 5.13 Å². The lowest BCUT2D eigenvalue weighted by Gasteiger charge is -2.16. The molecule has 5 rings (SSSR count). The fourth-order valence-corrected chi connectivity index (χ4v) is 4.98. The molecular weight excluding hydrogens is 582 g/mol. The summed E-state index contributed by atoms with van der Waals surface area (Å²) in [5, 5.41) is 16.2. The van der Waals surface area contributed by atoms with E-state index in [1.807, 2.05) is 45.0 Å². The van der Waals surface area contributed by atoms with E-state index in [2.05, 4.69) is 26.7 Å². The number of amides is 2. The van der Waals surface area contributed by atoms with E-state index in [9.17, 15) is 14.9 Å².